The van der Waals surface area contributed by atoms with Gasteiger partial charge in [0.1, 0.15) is 5.75 Å². The van der Waals surface area contributed by atoms with Crippen LogP contribution in [0.3, 0.4) is 0 Å². The Kier molecular flexibility index (Phi) is 2.65. The van der Waals surface area contributed by atoms with E-state index in [4.69, 9.17) is 4.74 Å². The van der Waals surface area contributed by atoms with Crippen molar-refractivity contribution in [2.75, 3.05) is 0 Å². The van der Waals surface area contributed by atoms with E-state index in [1.54, 1.807) is 22.7 Å². The first kappa shape index (κ1) is 9.43. The molecule has 0 atom stereocenters. The fraction of sp³-hybridized carbons (Fsp3) is 0.100. The van der Waals surface area contributed by atoms with Gasteiger partial charge in [0.25, 0.3) is 0 Å². The second-order valence-corrected chi connectivity index (χ2v) is 4.55. The Balaban J connectivity index is 2.35. The lowest BCUT2D eigenvalue weighted by Crippen LogP contribution is -2.00. The van der Waals surface area contributed by atoms with E-state index in [0.29, 0.717) is 5.75 Å². The number of ether oxygens (including phenoxy) is 1. The van der Waals surface area contributed by atoms with Gasteiger partial charge in [0.2, 0.25) is 0 Å². The average molecular weight is 224 g/mol. The maximum Gasteiger partial charge on any atom is 0.308 e. The highest BCUT2D eigenvalue weighted by Gasteiger charge is 2.10. The molecular formula is C10H8O2S2. The van der Waals surface area contributed by atoms with Gasteiger partial charge < -0.3 is 4.74 Å². The smallest absolute Gasteiger partial charge is 0.308 e. The molecule has 0 saturated heterocycles. The fourth-order valence-corrected chi connectivity index (χ4v) is 2.82. The molecule has 2 rings (SSSR count). The van der Waals surface area contributed by atoms with E-state index in [1.165, 1.54) is 6.92 Å². The van der Waals surface area contributed by atoms with Gasteiger partial charge in [0.15, 0.2) is 0 Å². The summed E-state index contributed by atoms with van der Waals surface area (Å²) in [5.41, 5.74) is 0. The van der Waals surface area contributed by atoms with Crippen molar-refractivity contribution in [3.05, 3.63) is 29.0 Å². The summed E-state index contributed by atoms with van der Waals surface area (Å²) in [5.74, 6) is 0.381. The van der Waals surface area contributed by atoms with Crippen LogP contribution in [0.25, 0.3) is 9.75 Å². The highest BCUT2D eigenvalue weighted by atomic mass is 32.1. The molecule has 72 valence electrons. The van der Waals surface area contributed by atoms with Gasteiger partial charge in [-0.2, -0.15) is 0 Å². The van der Waals surface area contributed by atoms with Crippen molar-refractivity contribution in [1.29, 1.82) is 0 Å². The van der Waals surface area contributed by atoms with Gasteiger partial charge >= 0.3 is 5.97 Å². The van der Waals surface area contributed by atoms with Crippen LogP contribution in [0.5, 0.6) is 5.75 Å². The Labute approximate surface area is 89.8 Å². The summed E-state index contributed by atoms with van der Waals surface area (Å²) in [6.45, 7) is 1.41. The summed E-state index contributed by atoms with van der Waals surface area (Å²) in [5, 5.41) is 3.93. The summed E-state index contributed by atoms with van der Waals surface area (Å²) in [7, 11) is 0. The normalized spacial score (nSPS) is 10.1. The molecule has 2 aromatic heterocycles. The SMILES string of the molecule is CC(=O)Oc1ccsc1-c1cccs1. The molecule has 4 heteroatoms. The van der Waals surface area contributed by atoms with E-state index in [0.717, 1.165) is 9.75 Å². The zero-order valence-electron chi connectivity index (χ0n) is 7.52. The molecule has 0 aliphatic heterocycles. The van der Waals surface area contributed by atoms with Crippen LogP contribution in [-0.2, 0) is 4.79 Å². The van der Waals surface area contributed by atoms with Crippen LogP contribution in [-0.4, -0.2) is 5.97 Å². The summed E-state index contributed by atoms with van der Waals surface area (Å²) in [4.78, 5) is 13.0. The molecule has 0 aromatic carbocycles. The van der Waals surface area contributed by atoms with Gasteiger partial charge in [-0.3, -0.25) is 4.79 Å². The van der Waals surface area contributed by atoms with E-state index in [9.17, 15) is 4.79 Å². The third kappa shape index (κ3) is 1.86. The van der Waals surface area contributed by atoms with Crippen molar-refractivity contribution < 1.29 is 9.53 Å². The van der Waals surface area contributed by atoms with Gasteiger partial charge in [0, 0.05) is 11.8 Å². The van der Waals surface area contributed by atoms with Crippen LogP contribution in [0.15, 0.2) is 29.0 Å². The van der Waals surface area contributed by atoms with Crippen molar-refractivity contribution in [2.45, 2.75) is 6.92 Å². The Hall–Kier alpha value is -1.13. The van der Waals surface area contributed by atoms with Crippen molar-refractivity contribution in [3.63, 3.8) is 0 Å². The van der Waals surface area contributed by atoms with Gasteiger partial charge in [-0.05, 0) is 22.9 Å². The molecule has 2 aromatic rings. The van der Waals surface area contributed by atoms with E-state index in [-0.39, 0.29) is 5.97 Å². The summed E-state index contributed by atoms with van der Waals surface area (Å²) < 4.78 is 5.09. The van der Waals surface area contributed by atoms with Crippen molar-refractivity contribution in [2.24, 2.45) is 0 Å². The molecule has 0 spiro atoms. The van der Waals surface area contributed by atoms with Crippen LogP contribution in [0.2, 0.25) is 0 Å². The third-order valence-electron chi connectivity index (χ3n) is 1.63. The fourth-order valence-electron chi connectivity index (χ4n) is 1.12. The molecule has 0 bridgehead atoms. The largest absolute Gasteiger partial charge is 0.425 e. The first-order valence-electron chi connectivity index (χ1n) is 4.07. The maximum atomic E-state index is 10.8. The molecular weight excluding hydrogens is 216 g/mol. The van der Waals surface area contributed by atoms with E-state index in [2.05, 4.69) is 0 Å². The minimum absolute atomic E-state index is 0.277. The third-order valence-corrected chi connectivity index (χ3v) is 3.57. The number of hydrogen-bond donors (Lipinski definition) is 0. The van der Waals surface area contributed by atoms with E-state index < -0.39 is 0 Å². The number of hydrogen-bond acceptors (Lipinski definition) is 4. The Morgan fingerprint density at radius 2 is 2.14 bits per heavy atom. The first-order valence-corrected chi connectivity index (χ1v) is 5.83. The second-order valence-electron chi connectivity index (χ2n) is 2.68. The van der Waals surface area contributed by atoms with Crippen LogP contribution in [0.1, 0.15) is 6.92 Å². The Bertz CT molecular complexity index is 429. The number of rotatable bonds is 2. The Morgan fingerprint density at radius 3 is 2.79 bits per heavy atom. The number of esters is 1. The van der Waals surface area contributed by atoms with Gasteiger partial charge in [-0.1, -0.05) is 6.07 Å². The van der Waals surface area contributed by atoms with Gasteiger partial charge in [-0.25, -0.2) is 0 Å². The van der Waals surface area contributed by atoms with Gasteiger partial charge in [0.05, 0.1) is 4.88 Å². The van der Waals surface area contributed by atoms with Gasteiger partial charge in [-0.15, -0.1) is 22.7 Å². The second kappa shape index (κ2) is 3.94. The molecule has 2 heterocycles. The molecule has 14 heavy (non-hydrogen) atoms. The predicted molar refractivity (Wildman–Crippen MR) is 58.9 cm³/mol. The summed E-state index contributed by atoms with van der Waals surface area (Å²) in [6.07, 6.45) is 0. The quantitative estimate of drug-likeness (QED) is 0.731. The molecule has 0 fully saturated rings. The molecule has 0 aliphatic rings. The highest BCUT2D eigenvalue weighted by Crippen LogP contribution is 2.37. The minimum Gasteiger partial charge on any atom is -0.425 e. The lowest BCUT2D eigenvalue weighted by molar-refractivity contribution is -0.131. The zero-order chi connectivity index (χ0) is 9.97. The van der Waals surface area contributed by atoms with Crippen molar-refractivity contribution in [3.8, 4) is 15.5 Å². The predicted octanol–water partition coefficient (Wildman–Crippen LogP) is 3.40. The molecule has 0 saturated carbocycles. The molecule has 2 nitrogen and oxygen atoms in total. The number of carbonyl (C=O) groups is 1. The summed E-state index contributed by atoms with van der Waals surface area (Å²) in [6, 6.07) is 5.82. The van der Waals surface area contributed by atoms with E-state index in [1.807, 2.05) is 29.0 Å². The highest BCUT2D eigenvalue weighted by molar-refractivity contribution is 7.20. The molecule has 0 N–H and O–H groups in total. The minimum atomic E-state index is -0.277. The summed E-state index contributed by atoms with van der Waals surface area (Å²) >= 11 is 3.22. The van der Waals surface area contributed by atoms with Crippen LogP contribution >= 0.6 is 22.7 Å². The van der Waals surface area contributed by atoms with Crippen molar-refractivity contribution in [1.82, 2.24) is 0 Å². The molecule has 0 aliphatic carbocycles. The Morgan fingerprint density at radius 1 is 1.29 bits per heavy atom. The van der Waals surface area contributed by atoms with Crippen LogP contribution in [0, 0.1) is 0 Å². The number of carbonyl (C=O) groups excluding carboxylic acids is 1. The van der Waals surface area contributed by atoms with Crippen LogP contribution in [0.4, 0.5) is 0 Å². The number of thiophene rings is 2. The standard InChI is InChI=1S/C10H8O2S2/c1-7(11)12-8-4-6-14-10(8)9-3-2-5-13-9/h2-6H,1H3. The average Bonchev–Trinajstić information content (AvgIpc) is 2.70. The molecule has 0 radical (unpaired) electrons. The maximum absolute atomic E-state index is 10.8. The zero-order valence-corrected chi connectivity index (χ0v) is 9.15. The molecule has 0 amide bonds. The first-order chi connectivity index (χ1) is 6.77. The monoisotopic (exact) mass is 224 g/mol. The lowest BCUT2D eigenvalue weighted by Gasteiger charge is -2.00. The molecule has 0 unspecified atom stereocenters. The lowest BCUT2D eigenvalue weighted by atomic mass is 10.3. The van der Waals surface area contributed by atoms with Crippen molar-refractivity contribution >= 4 is 28.6 Å². The van der Waals surface area contributed by atoms with E-state index >= 15 is 0 Å². The topological polar surface area (TPSA) is 26.3 Å². The van der Waals surface area contributed by atoms with Crippen LogP contribution < -0.4 is 4.74 Å².